The summed E-state index contributed by atoms with van der Waals surface area (Å²) in [6, 6.07) is 63.4. The van der Waals surface area contributed by atoms with E-state index in [0.29, 0.717) is 19.0 Å². The highest BCUT2D eigenvalue weighted by atomic mass is 31.2. The number of benzene rings is 6. The largest absolute Gasteiger partial charge is 0.404 e. The SMILES string of the molecule is C=C1C(=CCP(=O)(c2ccccc2)c2ccccc2)C[C@@H](O[Si](c2ccccc2)(c2ccccc2)C(C)(C)C)C[C@H]1O[Si](c1ccccc1)(c1ccccc1)C(C)(C)C. The van der Waals surface area contributed by atoms with Gasteiger partial charge in [-0.1, -0.05) is 236 Å². The molecule has 0 unspecified atom stereocenters. The third kappa shape index (κ3) is 8.42. The fraction of sp³-hybridized carbons (Fsp3) is 0.245. The van der Waals surface area contributed by atoms with E-state index in [1.54, 1.807) is 0 Å². The van der Waals surface area contributed by atoms with Crippen LogP contribution in [0.4, 0.5) is 0 Å². The van der Waals surface area contributed by atoms with E-state index in [9.17, 15) is 0 Å². The Morgan fingerprint density at radius 2 is 0.864 bits per heavy atom. The molecular formula is C53H59O3PSi2. The van der Waals surface area contributed by atoms with Crippen molar-refractivity contribution in [2.45, 2.75) is 76.7 Å². The molecule has 0 amide bonds. The summed E-state index contributed by atoms with van der Waals surface area (Å²) in [5.74, 6) is 0. The quantitative estimate of drug-likeness (QED) is 0.0911. The van der Waals surface area contributed by atoms with Crippen LogP contribution in [0, 0.1) is 0 Å². The van der Waals surface area contributed by atoms with E-state index in [0.717, 1.165) is 21.8 Å². The monoisotopic (exact) mass is 830 g/mol. The van der Waals surface area contributed by atoms with Crippen LogP contribution < -0.4 is 31.4 Å². The van der Waals surface area contributed by atoms with Crippen molar-refractivity contribution in [2.24, 2.45) is 0 Å². The standard InChI is InChI=1S/C53H59O3PSi2/c1-42-43(38-39-57(54,45-26-14-8-15-27-45)46-28-16-9-17-29-46)40-44(55-58(52(2,3)4,47-30-18-10-19-31-47)48-32-20-11-21-33-48)41-51(42)56-59(53(5,6)7,49-34-22-12-23-35-49)50-36-24-13-25-37-50/h8-38,44,51H,1,39-41H2,2-7H3/t44-,51-/m1/s1. The van der Waals surface area contributed by atoms with Gasteiger partial charge < -0.3 is 13.4 Å². The molecule has 0 saturated heterocycles. The molecule has 0 aliphatic heterocycles. The average molecular weight is 831 g/mol. The van der Waals surface area contributed by atoms with Gasteiger partial charge in [-0.05, 0) is 48.4 Å². The molecule has 0 heterocycles. The number of hydrogen-bond acceptors (Lipinski definition) is 3. The average Bonchev–Trinajstić information content (AvgIpc) is 3.26. The van der Waals surface area contributed by atoms with Crippen LogP contribution in [0.1, 0.15) is 54.4 Å². The summed E-state index contributed by atoms with van der Waals surface area (Å²) in [6.45, 7) is 18.9. The van der Waals surface area contributed by atoms with Crippen molar-refractivity contribution in [1.82, 2.24) is 0 Å². The zero-order valence-corrected chi connectivity index (χ0v) is 38.4. The van der Waals surface area contributed by atoms with E-state index >= 15 is 4.57 Å². The Kier molecular flexibility index (Phi) is 12.6. The second-order valence-corrected chi connectivity index (χ2v) is 29.3. The summed E-state index contributed by atoms with van der Waals surface area (Å²) in [6.07, 6.45) is 3.33. The van der Waals surface area contributed by atoms with E-state index in [2.05, 4.69) is 169 Å². The minimum atomic E-state index is -3.06. The van der Waals surface area contributed by atoms with Crippen molar-refractivity contribution in [3.63, 3.8) is 0 Å². The van der Waals surface area contributed by atoms with E-state index in [-0.39, 0.29) is 22.3 Å². The molecular weight excluding hydrogens is 772 g/mol. The summed E-state index contributed by atoms with van der Waals surface area (Å²) in [5, 5.41) is 6.20. The molecule has 2 atom stereocenters. The molecule has 7 rings (SSSR count). The Bertz CT molecular complexity index is 2250. The van der Waals surface area contributed by atoms with Gasteiger partial charge in [0.05, 0.1) is 12.2 Å². The molecule has 6 aromatic rings. The predicted octanol–water partition coefficient (Wildman–Crippen LogP) is 10.2. The van der Waals surface area contributed by atoms with Crippen molar-refractivity contribution < 1.29 is 13.4 Å². The lowest BCUT2D eigenvalue weighted by Crippen LogP contribution is -2.69. The van der Waals surface area contributed by atoms with E-state index < -0.39 is 23.8 Å². The number of hydrogen-bond donors (Lipinski definition) is 0. The maximum atomic E-state index is 15.5. The molecule has 0 N–H and O–H groups in total. The summed E-state index contributed by atoms with van der Waals surface area (Å²) >= 11 is 0. The molecule has 0 bridgehead atoms. The summed E-state index contributed by atoms with van der Waals surface area (Å²) in [4.78, 5) is 0. The molecule has 1 aliphatic rings. The van der Waals surface area contributed by atoms with Crippen molar-refractivity contribution in [1.29, 1.82) is 0 Å². The molecule has 1 saturated carbocycles. The van der Waals surface area contributed by atoms with Crippen LogP contribution >= 0.6 is 7.14 Å². The number of rotatable bonds is 12. The number of allylic oxidation sites excluding steroid dienone is 1. The first-order valence-corrected chi connectivity index (χ1v) is 26.7. The van der Waals surface area contributed by atoms with Crippen LogP contribution in [-0.4, -0.2) is 35.0 Å². The van der Waals surface area contributed by atoms with Gasteiger partial charge in [0.2, 0.25) is 0 Å². The van der Waals surface area contributed by atoms with Gasteiger partial charge >= 0.3 is 0 Å². The van der Waals surface area contributed by atoms with Gasteiger partial charge in [0, 0.05) is 23.2 Å². The zero-order valence-electron chi connectivity index (χ0n) is 35.6. The first-order chi connectivity index (χ1) is 28.3. The maximum Gasteiger partial charge on any atom is 0.261 e. The molecule has 59 heavy (non-hydrogen) atoms. The Hall–Kier alpha value is -4.62. The van der Waals surface area contributed by atoms with Crippen LogP contribution in [0.2, 0.25) is 10.1 Å². The first-order valence-electron chi connectivity index (χ1n) is 21.0. The lowest BCUT2D eigenvalue weighted by molar-refractivity contribution is 0.102. The Labute approximate surface area is 355 Å². The highest BCUT2D eigenvalue weighted by molar-refractivity contribution is 7.78. The normalized spacial score (nSPS) is 17.5. The predicted molar refractivity (Wildman–Crippen MR) is 256 cm³/mol. The molecule has 3 nitrogen and oxygen atoms in total. The van der Waals surface area contributed by atoms with E-state index in [1.807, 2.05) is 60.7 Å². The van der Waals surface area contributed by atoms with Crippen molar-refractivity contribution in [2.75, 3.05) is 6.16 Å². The van der Waals surface area contributed by atoms with Crippen LogP contribution in [0.25, 0.3) is 0 Å². The lowest BCUT2D eigenvalue weighted by atomic mass is 9.86. The van der Waals surface area contributed by atoms with Crippen molar-refractivity contribution >= 4 is 55.1 Å². The zero-order chi connectivity index (χ0) is 41.7. The van der Waals surface area contributed by atoms with Crippen LogP contribution in [0.15, 0.2) is 206 Å². The van der Waals surface area contributed by atoms with Crippen molar-refractivity contribution in [3.05, 3.63) is 206 Å². The van der Waals surface area contributed by atoms with Crippen LogP contribution in [0.3, 0.4) is 0 Å². The van der Waals surface area contributed by atoms with Gasteiger partial charge in [0.15, 0.2) is 0 Å². The Morgan fingerprint density at radius 3 is 1.20 bits per heavy atom. The first kappa shape index (κ1) is 42.5. The highest BCUT2D eigenvalue weighted by Crippen LogP contribution is 2.47. The second kappa shape index (κ2) is 17.5. The smallest absolute Gasteiger partial charge is 0.261 e. The third-order valence-corrected chi connectivity index (χ3v) is 25.3. The topological polar surface area (TPSA) is 35.5 Å². The summed E-state index contributed by atoms with van der Waals surface area (Å²) < 4.78 is 31.4. The lowest BCUT2D eigenvalue weighted by Gasteiger charge is -2.49. The van der Waals surface area contributed by atoms with Gasteiger partial charge in [0.1, 0.15) is 7.14 Å². The van der Waals surface area contributed by atoms with Gasteiger partial charge in [-0.3, -0.25) is 0 Å². The maximum absolute atomic E-state index is 15.5. The Morgan fingerprint density at radius 1 is 0.542 bits per heavy atom. The van der Waals surface area contributed by atoms with E-state index in [4.69, 9.17) is 15.4 Å². The fourth-order valence-electron chi connectivity index (χ4n) is 9.25. The molecule has 0 aromatic heterocycles. The molecule has 6 aromatic carbocycles. The minimum absolute atomic E-state index is 0.200. The second-order valence-electron chi connectivity index (χ2n) is 18.0. The van der Waals surface area contributed by atoms with Gasteiger partial charge in [-0.25, -0.2) is 0 Å². The van der Waals surface area contributed by atoms with Gasteiger partial charge in [-0.2, -0.15) is 0 Å². The molecule has 0 radical (unpaired) electrons. The van der Waals surface area contributed by atoms with Crippen molar-refractivity contribution in [3.8, 4) is 0 Å². The fourth-order valence-corrected chi connectivity index (χ4v) is 21.1. The van der Waals surface area contributed by atoms with Crippen LogP contribution in [-0.2, 0) is 13.4 Å². The molecule has 1 fully saturated rings. The van der Waals surface area contributed by atoms with Crippen LogP contribution in [0.5, 0.6) is 0 Å². The molecule has 302 valence electrons. The minimum Gasteiger partial charge on any atom is -0.404 e. The summed E-state index contributed by atoms with van der Waals surface area (Å²) in [5.41, 5.74) is 2.02. The molecule has 1 aliphatic carbocycles. The van der Waals surface area contributed by atoms with E-state index in [1.165, 1.54) is 20.7 Å². The Balaban J connectivity index is 1.40. The van der Waals surface area contributed by atoms with Gasteiger partial charge in [-0.15, -0.1) is 0 Å². The third-order valence-electron chi connectivity index (χ3n) is 12.2. The highest BCUT2D eigenvalue weighted by Gasteiger charge is 2.55. The molecule has 0 spiro atoms. The molecule has 6 heteroatoms. The van der Waals surface area contributed by atoms with Gasteiger partial charge in [0.25, 0.3) is 16.6 Å². The summed E-state index contributed by atoms with van der Waals surface area (Å²) in [7, 11) is -9.04.